The standard InChI is InChI=1S/C18H14FOP.2ClH.Ti/c19-15-8-4-5-9-17(15)21-18-12-14(10-11-16(18)20)13-6-2-1-3-7-13;;;/h1-12,20-21H;2*1H;/q;;;+2/p-2. The summed E-state index contributed by atoms with van der Waals surface area (Å²) in [7, 11) is 9.87. The molecule has 0 aliphatic rings. The molecule has 1 N–H and O–H groups in total. The second-order valence-corrected chi connectivity index (χ2v) is 8.68. The Bertz CT molecular complexity index is 787. The van der Waals surface area contributed by atoms with Crippen LogP contribution in [0.15, 0.2) is 72.8 Å². The van der Waals surface area contributed by atoms with E-state index in [1.807, 2.05) is 48.5 Å². The molecule has 3 rings (SSSR count). The zero-order valence-electron chi connectivity index (χ0n) is 12.5. The van der Waals surface area contributed by atoms with Crippen LogP contribution in [0.1, 0.15) is 0 Å². The molecule has 0 heterocycles. The Morgan fingerprint density at radius 1 is 0.792 bits per heavy atom. The molecule has 6 heteroatoms. The summed E-state index contributed by atoms with van der Waals surface area (Å²) in [6.45, 7) is 0. The third-order valence-corrected chi connectivity index (χ3v) is 4.59. The van der Waals surface area contributed by atoms with Gasteiger partial charge in [-0.2, -0.15) is 0 Å². The van der Waals surface area contributed by atoms with Crippen LogP contribution in [0.4, 0.5) is 4.39 Å². The van der Waals surface area contributed by atoms with Crippen molar-refractivity contribution in [2.24, 2.45) is 0 Å². The molecule has 0 bridgehead atoms. The van der Waals surface area contributed by atoms with Crippen molar-refractivity contribution < 1.29 is 26.5 Å². The Kier molecular flexibility index (Phi) is 8.25. The fourth-order valence-corrected chi connectivity index (χ4v) is 3.27. The first-order chi connectivity index (χ1) is 11.7. The van der Waals surface area contributed by atoms with Crippen molar-refractivity contribution in [2.75, 3.05) is 0 Å². The van der Waals surface area contributed by atoms with E-state index in [9.17, 15) is 9.50 Å². The molecule has 0 radical (unpaired) electrons. The fraction of sp³-hybridized carbons (Fsp3) is 0. The number of benzene rings is 3. The number of hydrogen-bond donors (Lipinski definition) is 1. The van der Waals surface area contributed by atoms with E-state index in [4.69, 9.17) is 18.6 Å². The summed E-state index contributed by atoms with van der Waals surface area (Å²) in [6.07, 6.45) is 0. The summed E-state index contributed by atoms with van der Waals surface area (Å²) >= 11 is -0.556. The maximum atomic E-state index is 13.8. The molecule has 3 aromatic carbocycles. The first-order valence-electron chi connectivity index (χ1n) is 7.02. The van der Waals surface area contributed by atoms with Crippen LogP contribution in [0, 0.1) is 5.82 Å². The van der Waals surface area contributed by atoms with Crippen molar-refractivity contribution in [3.63, 3.8) is 0 Å². The second kappa shape index (κ2) is 10.2. The number of halogens is 3. The van der Waals surface area contributed by atoms with Gasteiger partial charge in [-0.05, 0) is 29.3 Å². The molecule has 0 saturated carbocycles. The monoisotopic (exact) mass is 414 g/mol. The molecule has 0 amide bonds. The molecule has 0 saturated heterocycles. The van der Waals surface area contributed by atoms with Crippen molar-refractivity contribution in [1.82, 2.24) is 0 Å². The summed E-state index contributed by atoms with van der Waals surface area (Å²) < 4.78 is 13.8. The van der Waals surface area contributed by atoms with Crippen LogP contribution in [0.2, 0.25) is 0 Å². The molecule has 0 aromatic heterocycles. The Hall–Kier alpha value is -0.886. The number of hydrogen-bond acceptors (Lipinski definition) is 1. The molecule has 3 aromatic rings. The van der Waals surface area contributed by atoms with Gasteiger partial charge in [-0.15, -0.1) is 0 Å². The summed E-state index contributed by atoms with van der Waals surface area (Å²) in [5.41, 5.74) is 2.10. The van der Waals surface area contributed by atoms with Gasteiger partial charge in [-0.3, -0.25) is 0 Å². The van der Waals surface area contributed by atoms with E-state index in [0.29, 0.717) is 5.30 Å². The predicted molar refractivity (Wildman–Crippen MR) is 99.2 cm³/mol. The minimum absolute atomic E-state index is 0.0907. The molecule has 0 fully saturated rings. The molecule has 1 unspecified atom stereocenters. The van der Waals surface area contributed by atoms with Crippen LogP contribution in [0.25, 0.3) is 11.1 Å². The van der Waals surface area contributed by atoms with E-state index in [-0.39, 0.29) is 20.1 Å². The van der Waals surface area contributed by atoms with Gasteiger partial charge in [-0.25, -0.2) is 4.39 Å². The quantitative estimate of drug-likeness (QED) is 0.461. The zero-order valence-corrected chi connectivity index (χ0v) is 16.6. The van der Waals surface area contributed by atoms with E-state index >= 15 is 0 Å². The number of aromatic hydroxyl groups is 1. The molecule has 1 nitrogen and oxygen atoms in total. The van der Waals surface area contributed by atoms with Crippen LogP contribution in [0.5, 0.6) is 5.75 Å². The number of phenolic OH excluding ortho intramolecular Hbond substituents is 1. The van der Waals surface area contributed by atoms with Gasteiger partial charge in [0.05, 0.1) is 0 Å². The molecule has 122 valence electrons. The van der Waals surface area contributed by atoms with Gasteiger partial charge in [-0.1, -0.05) is 63.2 Å². The van der Waals surface area contributed by atoms with Gasteiger partial charge in [0.25, 0.3) is 0 Å². The normalized spacial score (nSPS) is 10.3. The number of phenols is 1. The van der Waals surface area contributed by atoms with Crippen LogP contribution in [0.3, 0.4) is 0 Å². The van der Waals surface area contributed by atoms with Crippen molar-refractivity contribution in [3.8, 4) is 16.9 Å². The Morgan fingerprint density at radius 2 is 1.42 bits per heavy atom. The Labute approximate surface area is 159 Å². The van der Waals surface area contributed by atoms with Gasteiger partial charge in [0.2, 0.25) is 0 Å². The molecule has 24 heavy (non-hydrogen) atoms. The average Bonchev–Trinajstić information content (AvgIpc) is 2.60. The minimum atomic E-state index is -0.556. The van der Waals surface area contributed by atoms with E-state index in [1.165, 1.54) is 6.07 Å². The third kappa shape index (κ3) is 5.58. The Balaban J connectivity index is 0.000000647. The van der Waals surface area contributed by atoms with Crippen molar-refractivity contribution in [3.05, 3.63) is 78.6 Å². The van der Waals surface area contributed by atoms with Gasteiger partial charge in [0.15, 0.2) is 0 Å². The fourth-order valence-electron chi connectivity index (χ4n) is 2.15. The van der Waals surface area contributed by atoms with Crippen molar-refractivity contribution in [2.45, 2.75) is 0 Å². The van der Waals surface area contributed by atoms with Gasteiger partial charge in [0.1, 0.15) is 11.6 Å². The van der Waals surface area contributed by atoms with Gasteiger partial charge in [0, 0.05) is 10.6 Å². The average molecular weight is 415 g/mol. The first-order valence-corrected chi connectivity index (χ1v) is 12.3. The second-order valence-electron chi connectivity index (χ2n) is 4.77. The van der Waals surface area contributed by atoms with Crippen molar-refractivity contribution in [1.29, 1.82) is 0 Å². The van der Waals surface area contributed by atoms with Crippen LogP contribution in [-0.4, -0.2) is 5.11 Å². The molecule has 1 atom stereocenters. The topological polar surface area (TPSA) is 20.2 Å². The number of rotatable bonds is 3. The van der Waals surface area contributed by atoms with E-state index in [1.54, 1.807) is 18.2 Å². The van der Waals surface area contributed by atoms with E-state index < -0.39 is 17.0 Å². The third-order valence-electron chi connectivity index (χ3n) is 3.25. The van der Waals surface area contributed by atoms with Gasteiger partial charge < -0.3 is 5.11 Å². The molecule has 0 aliphatic carbocycles. The van der Waals surface area contributed by atoms with Gasteiger partial charge >= 0.3 is 35.6 Å². The molecule has 0 aliphatic heterocycles. The summed E-state index contributed by atoms with van der Waals surface area (Å²) in [5, 5.41) is 11.4. The van der Waals surface area contributed by atoms with Crippen LogP contribution in [-0.2, 0) is 17.0 Å². The van der Waals surface area contributed by atoms with Crippen molar-refractivity contribution >= 4 is 37.8 Å². The summed E-state index contributed by atoms with van der Waals surface area (Å²) in [4.78, 5) is 0. The summed E-state index contributed by atoms with van der Waals surface area (Å²) in [5.74, 6) is -0.0309. The zero-order chi connectivity index (χ0) is 17.4. The SMILES string of the molecule is Oc1ccc(-c2ccccc2)cc1Pc1ccccc1F.[Cl][Ti][Cl]. The maximum absolute atomic E-state index is 13.8. The Morgan fingerprint density at radius 3 is 2.08 bits per heavy atom. The van der Waals surface area contributed by atoms with Crippen LogP contribution < -0.4 is 10.6 Å². The predicted octanol–water partition coefficient (Wildman–Crippen LogP) is 5.20. The van der Waals surface area contributed by atoms with E-state index in [2.05, 4.69) is 0 Å². The van der Waals surface area contributed by atoms with E-state index in [0.717, 1.165) is 16.4 Å². The molecule has 0 spiro atoms. The molecular formula is C18H14Cl2FOPTi. The first kappa shape index (κ1) is 19.4. The summed E-state index contributed by atoms with van der Waals surface area (Å²) in [6, 6.07) is 22.1. The van der Waals surface area contributed by atoms with Crippen LogP contribution >= 0.6 is 27.2 Å². The molecular weight excluding hydrogens is 401 g/mol.